The van der Waals surface area contributed by atoms with Gasteiger partial charge in [-0.1, -0.05) is 30.3 Å². The van der Waals surface area contributed by atoms with Crippen LogP contribution >= 0.6 is 0 Å². The standard InChI is InChI=1S/C18H25NO5/c1-17(2,3)24-16(21)19-12-8-7-11-18(19,22)15(20)23-13-14-9-5-4-6-10-14/h4-6,9-10,22H,7-8,11-13H2,1-3H3. The predicted molar refractivity (Wildman–Crippen MR) is 88.0 cm³/mol. The van der Waals surface area contributed by atoms with Crippen LogP contribution in [0.3, 0.4) is 0 Å². The van der Waals surface area contributed by atoms with Gasteiger partial charge in [-0.15, -0.1) is 0 Å². The highest BCUT2D eigenvalue weighted by Gasteiger charge is 2.49. The molecule has 1 amide bonds. The number of hydrogen-bond acceptors (Lipinski definition) is 5. The number of esters is 1. The van der Waals surface area contributed by atoms with Gasteiger partial charge in [0, 0.05) is 13.0 Å². The summed E-state index contributed by atoms with van der Waals surface area (Å²) in [7, 11) is 0. The highest BCUT2D eigenvalue weighted by Crippen LogP contribution is 2.29. The van der Waals surface area contributed by atoms with E-state index in [0.717, 1.165) is 10.5 Å². The number of rotatable bonds is 3. The molecule has 2 rings (SSSR count). The fraction of sp³-hybridized carbons (Fsp3) is 0.556. The summed E-state index contributed by atoms with van der Waals surface area (Å²) < 4.78 is 10.5. The number of hydrogen-bond donors (Lipinski definition) is 1. The van der Waals surface area contributed by atoms with Crippen LogP contribution in [0.2, 0.25) is 0 Å². The fourth-order valence-electron chi connectivity index (χ4n) is 2.57. The van der Waals surface area contributed by atoms with Gasteiger partial charge in [0.2, 0.25) is 5.72 Å². The lowest BCUT2D eigenvalue weighted by molar-refractivity contribution is -0.194. The van der Waals surface area contributed by atoms with Crippen LogP contribution in [0.25, 0.3) is 0 Å². The molecule has 1 aromatic rings. The number of ether oxygens (including phenoxy) is 2. The van der Waals surface area contributed by atoms with E-state index < -0.39 is 23.4 Å². The second-order valence-corrected chi connectivity index (χ2v) is 6.97. The first-order valence-corrected chi connectivity index (χ1v) is 8.16. The Morgan fingerprint density at radius 2 is 1.88 bits per heavy atom. The Hall–Kier alpha value is -2.08. The van der Waals surface area contributed by atoms with Crippen molar-refractivity contribution in [3.8, 4) is 0 Å². The highest BCUT2D eigenvalue weighted by atomic mass is 16.6. The molecule has 1 fully saturated rings. The molecule has 0 saturated carbocycles. The van der Waals surface area contributed by atoms with Gasteiger partial charge >= 0.3 is 12.1 Å². The highest BCUT2D eigenvalue weighted by molar-refractivity contribution is 5.84. The molecule has 0 aromatic heterocycles. The van der Waals surface area contributed by atoms with Gasteiger partial charge in [-0.05, 0) is 39.2 Å². The molecule has 1 heterocycles. The Morgan fingerprint density at radius 1 is 1.21 bits per heavy atom. The summed E-state index contributed by atoms with van der Waals surface area (Å²) in [6.07, 6.45) is 0.769. The Labute approximate surface area is 142 Å². The number of likely N-dealkylation sites (tertiary alicyclic amines) is 1. The quantitative estimate of drug-likeness (QED) is 0.860. The molecule has 1 unspecified atom stereocenters. The second-order valence-electron chi connectivity index (χ2n) is 6.97. The van der Waals surface area contributed by atoms with E-state index in [-0.39, 0.29) is 19.6 Å². The van der Waals surface area contributed by atoms with Crippen LogP contribution in [0.4, 0.5) is 4.79 Å². The zero-order valence-electron chi connectivity index (χ0n) is 14.4. The molecule has 0 spiro atoms. The molecular weight excluding hydrogens is 310 g/mol. The molecule has 1 aromatic carbocycles. The average molecular weight is 335 g/mol. The van der Waals surface area contributed by atoms with Crippen molar-refractivity contribution in [2.75, 3.05) is 6.54 Å². The number of carbonyl (C=O) groups excluding carboxylic acids is 2. The smallest absolute Gasteiger partial charge is 0.413 e. The minimum absolute atomic E-state index is 0.0458. The Kier molecular flexibility index (Phi) is 5.49. The van der Waals surface area contributed by atoms with Crippen LogP contribution in [0.1, 0.15) is 45.6 Å². The van der Waals surface area contributed by atoms with Crippen molar-refractivity contribution >= 4 is 12.1 Å². The Balaban J connectivity index is 2.08. The van der Waals surface area contributed by atoms with E-state index in [4.69, 9.17) is 9.47 Å². The number of aliphatic hydroxyl groups is 1. The topological polar surface area (TPSA) is 76.1 Å². The van der Waals surface area contributed by atoms with E-state index in [2.05, 4.69) is 0 Å². The zero-order chi connectivity index (χ0) is 17.8. The van der Waals surface area contributed by atoms with Gasteiger partial charge in [0.15, 0.2) is 0 Å². The van der Waals surface area contributed by atoms with Crippen LogP contribution in [0.15, 0.2) is 30.3 Å². The van der Waals surface area contributed by atoms with Crippen LogP contribution in [0, 0.1) is 0 Å². The molecule has 1 aliphatic rings. The van der Waals surface area contributed by atoms with E-state index in [1.54, 1.807) is 20.8 Å². The minimum atomic E-state index is -1.98. The third-order valence-corrected chi connectivity index (χ3v) is 3.76. The third kappa shape index (κ3) is 4.47. The SMILES string of the molecule is CC(C)(C)OC(=O)N1CCCCC1(O)C(=O)OCc1ccccc1. The monoisotopic (exact) mass is 335 g/mol. The van der Waals surface area contributed by atoms with E-state index in [9.17, 15) is 14.7 Å². The molecule has 0 radical (unpaired) electrons. The maximum Gasteiger partial charge on any atom is 0.413 e. The van der Waals surface area contributed by atoms with E-state index in [1.165, 1.54) is 0 Å². The maximum absolute atomic E-state index is 12.5. The molecule has 1 saturated heterocycles. The van der Waals surface area contributed by atoms with Gasteiger partial charge in [-0.2, -0.15) is 0 Å². The maximum atomic E-state index is 12.5. The lowest BCUT2D eigenvalue weighted by Crippen LogP contribution is -2.60. The number of carbonyl (C=O) groups is 2. The van der Waals surface area contributed by atoms with Gasteiger partial charge in [0.05, 0.1) is 0 Å². The number of benzene rings is 1. The van der Waals surface area contributed by atoms with Gasteiger partial charge in [-0.3, -0.25) is 4.90 Å². The summed E-state index contributed by atoms with van der Waals surface area (Å²) in [5, 5.41) is 10.8. The van der Waals surface area contributed by atoms with Gasteiger partial charge in [-0.25, -0.2) is 9.59 Å². The van der Waals surface area contributed by atoms with Crippen molar-refractivity contribution in [3.63, 3.8) is 0 Å². The summed E-state index contributed by atoms with van der Waals surface area (Å²) in [5.41, 5.74) is -1.87. The summed E-state index contributed by atoms with van der Waals surface area (Å²) in [6.45, 7) is 5.51. The van der Waals surface area contributed by atoms with E-state index in [1.807, 2.05) is 30.3 Å². The van der Waals surface area contributed by atoms with Crippen molar-refractivity contribution in [2.45, 2.75) is 58.0 Å². The molecule has 1 aliphatic heterocycles. The van der Waals surface area contributed by atoms with Crippen molar-refractivity contribution in [1.29, 1.82) is 0 Å². The van der Waals surface area contributed by atoms with E-state index >= 15 is 0 Å². The van der Waals surface area contributed by atoms with Crippen LogP contribution in [0.5, 0.6) is 0 Å². The minimum Gasteiger partial charge on any atom is -0.457 e. The number of piperidine rings is 1. The molecule has 6 heteroatoms. The number of amides is 1. The first kappa shape index (κ1) is 18.3. The first-order valence-electron chi connectivity index (χ1n) is 8.16. The van der Waals surface area contributed by atoms with Crippen LogP contribution in [-0.2, 0) is 20.9 Å². The summed E-state index contributed by atoms with van der Waals surface area (Å²) in [6, 6.07) is 9.19. The molecule has 6 nitrogen and oxygen atoms in total. The summed E-state index contributed by atoms with van der Waals surface area (Å²) >= 11 is 0. The van der Waals surface area contributed by atoms with Gasteiger partial charge < -0.3 is 14.6 Å². The van der Waals surface area contributed by atoms with Crippen molar-refractivity contribution in [1.82, 2.24) is 4.90 Å². The second kappa shape index (κ2) is 7.21. The van der Waals surface area contributed by atoms with Crippen molar-refractivity contribution < 1.29 is 24.2 Å². The molecule has 0 aliphatic carbocycles. The van der Waals surface area contributed by atoms with Crippen molar-refractivity contribution in [3.05, 3.63) is 35.9 Å². The van der Waals surface area contributed by atoms with Crippen LogP contribution in [-0.4, -0.2) is 39.9 Å². The molecule has 1 N–H and O–H groups in total. The van der Waals surface area contributed by atoms with E-state index in [0.29, 0.717) is 12.8 Å². The molecule has 1 atom stereocenters. The summed E-state index contributed by atoms with van der Waals surface area (Å²) in [4.78, 5) is 25.9. The third-order valence-electron chi connectivity index (χ3n) is 3.76. The Morgan fingerprint density at radius 3 is 2.50 bits per heavy atom. The lowest BCUT2D eigenvalue weighted by atomic mass is 9.98. The predicted octanol–water partition coefficient (Wildman–Crippen LogP) is 2.84. The molecule has 24 heavy (non-hydrogen) atoms. The largest absolute Gasteiger partial charge is 0.457 e. The molecule has 132 valence electrons. The number of nitrogens with zero attached hydrogens (tertiary/aromatic N) is 1. The molecular formula is C18H25NO5. The van der Waals surface area contributed by atoms with Gasteiger partial charge in [0.1, 0.15) is 12.2 Å². The molecule has 0 bridgehead atoms. The Bertz CT molecular complexity index is 581. The lowest BCUT2D eigenvalue weighted by Gasteiger charge is -2.41. The van der Waals surface area contributed by atoms with Crippen molar-refractivity contribution in [2.24, 2.45) is 0 Å². The summed E-state index contributed by atoms with van der Waals surface area (Å²) in [5.74, 6) is -0.822. The van der Waals surface area contributed by atoms with Crippen LogP contribution < -0.4 is 0 Å². The average Bonchev–Trinajstić information content (AvgIpc) is 2.52. The normalized spacial score (nSPS) is 21.2. The fourth-order valence-corrected chi connectivity index (χ4v) is 2.57. The van der Waals surface area contributed by atoms with Gasteiger partial charge in [0.25, 0.3) is 0 Å². The first-order chi connectivity index (χ1) is 11.2. The zero-order valence-corrected chi connectivity index (χ0v) is 14.4.